The number of hydrogen-bond acceptors (Lipinski definition) is 2. The van der Waals surface area contributed by atoms with Crippen LogP contribution in [0.5, 0.6) is 0 Å². The van der Waals surface area contributed by atoms with Crippen molar-refractivity contribution in [2.45, 2.75) is 13.0 Å². The minimum atomic E-state index is -0.131. The first-order chi connectivity index (χ1) is 12.4. The van der Waals surface area contributed by atoms with E-state index in [4.69, 9.17) is 0 Å². The molecule has 0 bridgehead atoms. The number of nitrogens with zero attached hydrogens (tertiary/aromatic N) is 1. The van der Waals surface area contributed by atoms with Crippen LogP contribution < -0.4 is 22.3 Å². The summed E-state index contributed by atoms with van der Waals surface area (Å²) in [7, 11) is 4.33. The maximum Gasteiger partial charge on any atom is 0.243 e. The zero-order valence-electron chi connectivity index (χ0n) is 16.0. The van der Waals surface area contributed by atoms with E-state index < -0.39 is 0 Å². The van der Waals surface area contributed by atoms with Crippen molar-refractivity contribution in [2.24, 2.45) is 0 Å². The van der Waals surface area contributed by atoms with Crippen LogP contribution in [0.1, 0.15) is 27.9 Å². The Balaban J connectivity index is 0.00000364. The minimum absolute atomic E-state index is 0. The van der Waals surface area contributed by atoms with Gasteiger partial charge in [0.1, 0.15) is 6.54 Å². The van der Waals surface area contributed by atoms with Gasteiger partial charge in [-0.15, -0.1) is 0 Å². The normalized spacial score (nSPS) is 10.6. The molecular formula is C22H27BrN2O2. The number of ketones is 1. The van der Waals surface area contributed by atoms with Crippen molar-refractivity contribution in [2.75, 3.05) is 27.2 Å². The van der Waals surface area contributed by atoms with E-state index in [2.05, 4.69) is 26.0 Å². The van der Waals surface area contributed by atoms with E-state index in [1.807, 2.05) is 54.6 Å². The number of quaternary nitrogens is 1. The first-order valence-corrected chi connectivity index (χ1v) is 8.82. The summed E-state index contributed by atoms with van der Waals surface area (Å²) in [6.45, 7) is 5.91. The quantitative estimate of drug-likeness (QED) is 0.267. The van der Waals surface area contributed by atoms with E-state index in [0.717, 1.165) is 24.0 Å². The monoisotopic (exact) mass is 430 g/mol. The minimum Gasteiger partial charge on any atom is -1.00 e. The van der Waals surface area contributed by atoms with Gasteiger partial charge in [-0.25, -0.2) is 0 Å². The van der Waals surface area contributed by atoms with Crippen LogP contribution in [0.15, 0.2) is 67.3 Å². The molecule has 0 saturated carbocycles. The fourth-order valence-electron chi connectivity index (χ4n) is 2.88. The van der Waals surface area contributed by atoms with Gasteiger partial charge in [-0.1, -0.05) is 61.2 Å². The highest BCUT2D eigenvalue weighted by Crippen LogP contribution is 2.14. The Morgan fingerprint density at radius 3 is 2.19 bits per heavy atom. The van der Waals surface area contributed by atoms with Crippen LogP contribution in [0.2, 0.25) is 0 Å². The molecule has 0 atom stereocenters. The number of halogens is 1. The van der Waals surface area contributed by atoms with E-state index in [0.29, 0.717) is 17.7 Å². The van der Waals surface area contributed by atoms with E-state index in [1.165, 1.54) is 11.6 Å². The summed E-state index contributed by atoms with van der Waals surface area (Å²) in [5, 5.41) is 2.80. The largest absolute Gasteiger partial charge is 1.00 e. The van der Waals surface area contributed by atoms with E-state index in [9.17, 15) is 9.59 Å². The molecule has 144 valence electrons. The molecule has 0 heterocycles. The van der Waals surface area contributed by atoms with Crippen LogP contribution in [-0.2, 0) is 11.3 Å². The van der Waals surface area contributed by atoms with Crippen molar-refractivity contribution in [3.63, 3.8) is 0 Å². The van der Waals surface area contributed by atoms with E-state index in [1.54, 1.807) is 0 Å². The lowest BCUT2D eigenvalue weighted by Crippen LogP contribution is -3.00. The number of carbonyl (C=O) groups excluding carboxylic acids is 2. The third kappa shape index (κ3) is 7.49. The molecule has 27 heavy (non-hydrogen) atoms. The highest BCUT2D eigenvalue weighted by molar-refractivity contribution is 6.08. The van der Waals surface area contributed by atoms with Gasteiger partial charge in [0.15, 0.2) is 5.78 Å². The van der Waals surface area contributed by atoms with Gasteiger partial charge in [-0.3, -0.25) is 9.59 Å². The van der Waals surface area contributed by atoms with Gasteiger partial charge in [0.2, 0.25) is 5.91 Å². The average molecular weight is 431 g/mol. The van der Waals surface area contributed by atoms with Crippen LogP contribution in [0.3, 0.4) is 0 Å². The Kier molecular flexibility index (Phi) is 9.12. The van der Waals surface area contributed by atoms with Gasteiger partial charge in [0, 0.05) is 29.7 Å². The van der Waals surface area contributed by atoms with Crippen molar-refractivity contribution in [3.8, 4) is 0 Å². The fraction of sp³-hybridized carbons (Fsp3) is 0.273. The second kappa shape index (κ2) is 10.8. The summed E-state index contributed by atoms with van der Waals surface area (Å²) in [6.07, 6.45) is 2.19. The van der Waals surface area contributed by atoms with Crippen molar-refractivity contribution in [1.82, 2.24) is 5.32 Å². The van der Waals surface area contributed by atoms with Crippen LogP contribution in [0.4, 0.5) is 0 Å². The molecule has 1 N–H and O–H groups in total. The average Bonchev–Trinajstić information content (AvgIpc) is 2.65. The van der Waals surface area contributed by atoms with Crippen molar-refractivity contribution in [1.29, 1.82) is 0 Å². The SMILES string of the molecule is C=CC(=O)NCCC[N+](C)(C)Cc1ccc(C(=O)c2ccccc2)cc1.[Br-]. The lowest BCUT2D eigenvalue weighted by molar-refractivity contribution is -0.903. The molecular weight excluding hydrogens is 404 g/mol. The van der Waals surface area contributed by atoms with Gasteiger partial charge in [-0.2, -0.15) is 0 Å². The third-order valence-electron chi connectivity index (χ3n) is 4.29. The summed E-state index contributed by atoms with van der Waals surface area (Å²) in [6, 6.07) is 17.2. The number of rotatable bonds is 9. The second-order valence-corrected chi connectivity index (χ2v) is 7.06. The predicted molar refractivity (Wildman–Crippen MR) is 105 cm³/mol. The van der Waals surface area contributed by atoms with Gasteiger partial charge >= 0.3 is 0 Å². The smallest absolute Gasteiger partial charge is 0.243 e. The van der Waals surface area contributed by atoms with Crippen LogP contribution in [0.25, 0.3) is 0 Å². The summed E-state index contributed by atoms with van der Waals surface area (Å²) in [5.74, 6) is -0.0853. The Morgan fingerprint density at radius 2 is 1.59 bits per heavy atom. The van der Waals surface area contributed by atoms with Crippen LogP contribution in [-0.4, -0.2) is 43.4 Å². The molecule has 2 aromatic carbocycles. The Morgan fingerprint density at radius 1 is 1.00 bits per heavy atom. The Hall–Kier alpha value is -2.24. The Bertz CT molecular complexity index is 756. The molecule has 0 radical (unpaired) electrons. The molecule has 0 aromatic heterocycles. The van der Waals surface area contributed by atoms with E-state index >= 15 is 0 Å². The van der Waals surface area contributed by atoms with Gasteiger partial charge < -0.3 is 26.8 Å². The van der Waals surface area contributed by atoms with E-state index in [-0.39, 0.29) is 28.7 Å². The first-order valence-electron chi connectivity index (χ1n) is 8.82. The number of benzene rings is 2. The van der Waals surface area contributed by atoms with Gasteiger partial charge in [0.25, 0.3) is 0 Å². The van der Waals surface area contributed by atoms with Gasteiger partial charge in [0.05, 0.1) is 20.6 Å². The van der Waals surface area contributed by atoms with Gasteiger partial charge in [-0.05, 0) is 6.08 Å². The van der Waals surface area contributed by atoms with Crippen molar-refractivity contribution in [3.05, 3.63) is 83.9 Å². The van der Waals surface area contributed by atoms with Crippen LogP contribution in [0, 0.1) is 0 Å². The van der Waals surface area contributed by atoms with Crippen molar-refractivity contribution < 1.29 is 31.1 Å². The summed E-state index contributed by atoms with van der Waals surface area (Å²) < 4.78 is 0.815. The number of amides is 1. The molecule has 0 spiro atoms. The molecule has 2 rings (SSSR count). The fourth-order valence-corrected chi connectivity index (χ4v) is 2.88. The predicted octanol–water partition coefficient (Wildman–Crippen LogP) is 0.190. The molecule has 0 aliphatic carbocycles. The molecule has 4 nitrogen and oxygen atoms in total. The van der Waals surface area contributed by atoms with Crippen LogP contribution >= 0.6 is 0 Å². The molecule has 0 aliphatic heterocycles. The molecule has 0 fully saturated rings. The Labute approximate surface area is 172 Å². The maximum atomic E-state index is 12.5. The molecule has 0 aliphatic rings. The summed E-state index contributed by atoms with van der Waals surface area (Å²) >= 11 is 0. The van der Waals surface area contributed by atoms with Crippen molar-refractivity contribution >= 4 is 11.7 Å². The number of hydrogen-bond donors (Lipinski definition) is 1. The molecule has 5 heteroatoms. The second-order valence-electron chi connectivity index (χ2n) is 7.06. The molecule has 0 saturated heterocycles. The topological polar surface area (TPSA) is 46.2 Å². The highest BCUT2D eigenvalue weighted by atomic mass is 79.9. The summed E-state index contributed by atoms with van der Waals surface area (Å²) in [4.78, 5) is 23.6. The number of carbonyl (C=O) groups is 2. The lowest BCUT2D eigenvalue weighted by Gasteiger charge is -2.30. The number of nitrogens with one attached hydrogen (secondary N) is 1. The summed E-state index contributed by atoms with van der Waals surface area (Å²) in [5.41, 5.74) is 2.60. The zero-order chi connectivity index (χ0) is 19.0. The lowest BCUT2D eigenvalue weighted by atomic mass is 10.0. The molecule has 0 unspecified atom stereocenters. The first kappa shape index (κ1) is 22.8. The molecule has 1 amide bonds. The maximum absolute atomic E-state index is 12.5. The standard InChI is InChI=1S/C22H26N2O2.BrH/c1-4-21(25)23-15-8-16-24(2,3)17-18-11-13-20(14-12-18)22(26)19-9-6-5-7-10-19;/h4-7,9-14H,1,8,15-17H2,2-3H3;1H. The highest BCUT2D eigenvalue weighted by Gasteiger charge is 2.16. The zero-order valence-corrected chi connectivity index (χ0v) is 17.5. The third-order valence-corrected chi connectivity index (χ3v) is 4.29. The molecule has 2 aromatic rings.